The molecule has 8 heteroatoms. The minimum absolute atomic E-state index is 0.0388. The number of hydrogen-bond donors (Lipinski definition) is 2. The van der Waals surface area contributed by atoms with Crippen molar-refractivity contribution in [2.24, 2.45) is 5.92 Å². The van der Waals surface area contributed by atoms with Gasteiger partial charge in [0.2, 0.25) is 0 Å². The summed E-state index contributed by atoms with van der Waals surface area (Å²) < 4.78 is 5.36. The van der Waals surface area contributed by atoms with Crippen molar-refractivity contribution < 1.29 is 14.3 Å². The summed E-state index contributed by atoms with van der Waals surface area (Å²) in [5, 5.41) is 5.84. The highest BCUT2D eigenvalue weighted by molar-refractivity contribution is 6.30. The number of amides is 1. The third-order valence-electron chi connectivity index (χ3n) is 6.11. The van der Waals surface area contributed by atoms with Crippen molar-refractivity contribution in [3.8, 4) is 0 Å². The lowest BCUT2D eigenvalue weighted by atomic mass is 9.89. The van der Waals surface area contributed by atoms with E-state index in [0.717, 1.165) is 31.5 Å². The molecule has 2 fully saturated rings. The topological polar surface area (TPSA) is 73.9 Å². The third-order valence-corrected chi connectivity index (χ3v) is 6.36. The van der Waals surface area contributed by atoms with Crippen molar-refractivity contribution in [3.63, 3.8) is 0 Å². The van der Waals surface area contributed by atoms with Crippen LogP contribution in [0.4, 0.5) is 4.79 Å². The van der Waals surface area contributed by atoms with E-state index in [1.807, 2.05) is 23.2 Å². The van der Waals surface area contributed by atoms with Crippen LogP contribution in [0.2, 0.25) is 5.02 Å². The number of rotatable bonds is 7. The predicted molar refractivity (Wildman–Crippen MR) is 123 cm³/mol. The van der Waals surface area contributed by atoms with Gasteiger partial charge in [0.25, 0.3) is 0 Å². The van der Waals surface area contributed by atoms with Gasteiger partial charge in [0.05, 0.1) is 6.67 Å². The fraction of sp³-hybridized carbons (Fsp3) is 0.417. The summed E-state index contributed by atoms with van der Waals surface area (Å²) in [4.78, 5) is 27.0. The summed E-state index contributed by atoms with van der Waals surface area (Å²) in [6, 6.07) is 17.5. The van der Waals surface area contributed by atoms with Crippen molar-refractivity contribution in [2.45, 2.75) is 18.9 Å². The molecule has 7 nitrogen and oxygen atoms in total. The molecule has 0 aromatic heterocycles. The molecule has 1 unspecified atom stereocenters. The number of carbonyl (C=O) groups excluding carboxylic acids is 2. The van der Waals surface area contributed by atoms with Crippen molar-refractivity contribution in [2.75, 3.05) is 39.5 Å². The van der Waals surface area contributed by atoms with Crippen LogP contribution in [0, 0.1) is 5.92 Å². The van der Waals surface area contributed by atoms with Crippen LogP contribution >= 0.6 is 11.6 Å². The van der Waals surface area contributed by atoms with E-state index in [2.05, 4.69) is 27.8 Å². The molecule has 170 valence electrons. The summed E-state index contributed by atoms with van der Waals surface area (Å²) >= 11 is 5.91. The third kappa shape index (κ3) is 6.07. The van der Waals surface area contributed by atoms with E-state index < -0.39 is 6.09 Å². The number of hydrogen-bond acceptors (Lipinski definition) is 6. The monoisotopic (exact) mass is 456 g/mol. The van der Waals surface area contributed by atoms with Crippen LogP contribution < -0.4 is 10.7 Å². The molecule has 32 heavy (non-hydrogen) atoms. The Kier molecular flexibility index (Phi) is 7.76. The van der Waals surface area contributed by atoms with E-state index in [1.54, 1.807) is 24.3 Å². The van der Waals surface area contributed by atoms with Gasteiger partial charge in [0.1, 0.15) is 6.61 Å². The first kappa shape index (κ1) is 22.7. The molecule has 1 atom stereocenters. The molecule has 4 rings (SSSR count). The summed E-state index contributed by atoms with van der Waals surface area (Å²) in [5.41, 5.74) is 4.72. The maximum atomic E-state index is 12.7. The molecular formula is C24H29ClN4O3. The average Bonchev–Trinajstić information content (AvgIpc) is 3.28. The van der Waals surface area contributed by atoms with E-state index in [4.69, 9.17) is 16.3 Å². The largest absolute Gasteiger partial charge is 0.447 e. The van der Waals surface area contributed by atoms with E-state index in [1.165, 1.54) is 5.56 Å². The maximum absolute atomic E-state index is 12.7. The van der Waals surface area contributed by atoms with Gasteiger partial charge >= 0.3 is 6.09 Å². The van der Waals surface area contributed by atoms with Gasteiger partial charge in [-0.3, -0.25) is 20.4 Å². The Hall–Kier alpha value is -2.45. The standard InChI is InChI=1S/C24H29ClN4O3/c25-21-8-6-19(7-9-21)23(30)20-10-12-28(13-11-20)14-15-32-24(31)27-29-16-22(26-17-29)18-4-2-1-3-5-18/h1-9,20,22,26H,10-17H2,(H,27,31). The molecule has 0 aliphatic carbocycles. The summed E-state index contributed by atoms with van der Waals surface area (Å²) in [6.07, 6.45) is 1.19. The molecular weight excluding hydrogens is 428 g/mol. The number of Topliss-reactive ketones (excluding diaryl/α,β-unsaturated/α-hetero) is 1. The van der Waals surface area contributed by atoms with Crippen LogP contribution in [0.15, 0.2) is 54.6 Å². The molecule has 2 saturated heterocycles. The van der Waals surface area contributed by atoms with E-state index in [0.29, 0.717) is 31.4 Å². The molecule has 1 amide bonds. The van der Waals surface area contributed by atoms with Gasteiger partial charge in [-0.05, 0) is 55.8 Å². The minimum Gasteiger partial charge on any atom is -0.447 e. The van der Waals surface area contributed by atoms with Gasteiger partial charge in [-0.25, -0.2) is 9.80 Å². The Labute approximate surface area is 193 Å². The molecule has 0 bridgehead atoms. The molecule has 2 heterocycles. The van der Waals surface area contributed by atoms with Crippen LogP contribution in [0.25, 0.3) is 0 Å². The first-order valence-electron chi connectivity index (χ1n) is 11.1. The first-order chi connectivity index (χ1) is 15.6. The zero-order chi connectivity index (χ0) is 22.3. The maximum Gasteiger partial charge on any atom is 0.421 e. The van der Waals surface area contributed by atoms with Crippen LogP contribution in [0.5, 0.6) is 0 Å². The summed E-state index contributed by atoms with van der Waals surface area (Å²) in [5.74, 6) is 0.224. The number of nitrogens with zero attached hydrogens (tertiary/aromatic N) is 2. The summed E-state index contributed by atoms with van der Waals surface area (Å²) in [7, 11) is 0. The normalized spacial score (nSPS) is 20.2. The molecule has 0 saturated carbocycles. The highest BCUT2D eigenvalue weighted by Gasteiger charge is 2.27. The number of benzene rings is 2. The Bertz CT molecular complexity index is 901. The number of halogens is 1. The second-order valence-corrected chi connectivity index (χ2v) is 8.72. The number of hydrazine groups is 1. The van der Waals surface area contributed by atoms with Crippen LogP contribution in [-0.2, 0) is 4.74 Å². The Morgan fingerprint density at radius 3 is 2.50 bits per heavy atom. The number of likely N-dealkylation sites (tertiary alicyclic amines) is 1. The lowest BCUT2D eigenvalue weighted by Crippen LogP contribution is -2.43. The quantitative estimate of drug-likeness (QED) is 0.621. The number of carbonyl (C=O) groups is 2. The SMILES string of the molecule is O=C(NN1CNC(c2ccccc2)C1)OCCN1CCC(C(=O)c2ccc(Cl)cc2)CC1. The lowest BCUT2D eigenvalue weighted by molar-refractivity contribution is 0.0779. The Morgan fingerprint density at radius 2 is 1.78 bits per heavy atom. The fourth-order valence-corrected chi connectivity index (χ4v) is 4.39. The molecule has 0 radical (unpaired) electrons. The van der Waals surface area contributed by atoms with Gasteiger partial charge in [0, 0.05) is 35.6 Å². The number of nitrogens with one attached hydrogen (secondary N) is 2. The average molecular weight is 457 g/mol. The molecule has 2 aliphatic heterocycles. The number of piperidine rings is 1. The zero-order valence-electron chi connectivity index (χ0n) is 18.0. The molecule has 0 spiro atoms. The fourth-order valence-electron chi connectivity index (χ4n) is 4.26. The highest BCUT2D eigenvalue weighted by atomic mass is 35.5. The van der Waals surface area contributed by atoms with E-state index in [9.17, 15) is 9.59 Å². The smallest absolute Gasteiger partial charge is 0.421 e. The second kappa shape index (κ2) is 10.9. The Balaban J connectivity index is 1.12. The van der Waals surface area contributed by atoms with Gasteiger partial charge in [0.15, 0.2) is 5.78 Å². The second-order valence-electron chi connectivity index (χ2n) is 8.28. The van der Waals surface area contributed by atoms with Gasteiger partial charge in [-0.15, -0.1) is 0 Å². The van der Waals surface area contributed by atoms with Crippen LogP contribution in [-0.4, -0.2) is 61.2 Å². The predicted octanol–water partition coefficient (Wildman–Crippen LogP) is 3.48. The lowest BCUT2D eigenvalue weighted by Gasteiger charge is -2.31. The Morgan fingerprint density at radius 1 is 1.06 bits per heavy atom. The molecule has 2 N–H and O–H groups in total. The van der Waals surface area contributed by atoms with Gasteiger partial charge < -0.3 is 4.74 Å². The minimum atomic E-state index is -0.437. The number of ether oxygens (including phenoxy) is 1. The van der Waals surface area contributed by atoms with Crippen molar-refractivity contribution in [3.05, 3.63) is 70.7 Å². The number of ketones is 1. The highest BCUT2D eigenvalue weighted by Crippen LogP contribution is 2.22. The molecule has 2 aliphatic rings. The van der Waals surface area contributed by atoms with Crippen molar-refractivity contribution in [1.82, 2.24) is 20.7 Å². The van der Waals surface area contributed by atoms with E-state index >= 15 is 0 Å². The van der Waals surface area contributed by atoms with Gasteiger partial charge in [-0.1, -0.05) is 41.9 Å². The van der Waals surface area contributed by atoms with Crippen molar-refractivity contribution >= 4 is 23.5 Å². The van der Waals surface area contributed by atoms with Crippen LogP contribution in [0.1, 0.15) is 34.8 Å². The van der Waals surface area contributed by atoms with Crippen LogP contribution in [0.3, 0.4) is 0 Å². The molecule has 2 aromatic carbocycles. The van der Waals surface area contributed by atoms with E-state index in [-0.39, 0.29) is 17.7 Å². The molecule has 2 aromatic rings. The zero-order valence-corrected chi connectivity index (χ0v) is 18.8. The van der Waals surface area contributed by atoms with Gasteiger partial charge in [-0.2, -0.15) is 0 Å². The first-order valence-corrected chi connectivity index (χ1v) is 11.4. The summed E-state index contributed by atoms with van der Waals surface area (Å²) in [6.45, 7) is 3.90. The van der Waals surface area contributed by atoms with Crippen molar-refractivity contribution in [1.29, 1.82) is 0 Å².